The van der Waals surface area contributed by atoms with E-state index in [0.29, 0.717) is 25.2 Å². The fourth-order valence-electron chi connectivity index (χ4n) is 1.25. The van der Waals surface area contributed by atoms with Crippen LogP contribution in [0.4, 0.5) is 5.82 Å². The van der Waals surface area contributed by atoms with E-state index >= 15 is 0 Å². The minimum absolute atomic E-state index is 0.00619. The number of hydrogen-bond acceptors (Lipinski definition) is 5. The van der Waals surface area contributed by atoms with Crippen molar-refractivity contribution < 1.29 is 9.90 Å². The Morgan fingerprint density at radius 2 is 2.33 bits per heavy atom. The predicted octanol–water partition coefficient (Wildman–Crippen LogP) is 0.761. The molecule has 0 bridgehead atoms. The molecule has 1 heterocycles. The Balaban J connectivity index is 3.10. The third-order valence-corrected chi connectivity index (χ3v) is 2.28. The normalized spacial score (nSPS) is 10.1. The lowest BCUT2D eigenvalue weighted by atomic mass is 10.3. The van der Waals surface area contributed by atoms with E-state index in [1.54, 1.807) is 4.90 Å². The molecule has 0 aliphatic rings. The molecule has 1 N–H and O–H groups in total. The second-order valence-electron chi connectivity index (χ2n) is 2.82. The molecule has 0 unspecified atom stereocenters. The molecular formula is C9H12ClN3O2. The molecule has 0 radical (unpaired) electrons. The van der Waals surface area contributed by atoms with E-state index < -0.39 is 0 Å². The molecule has 1 aromatic heterocycles. The van der Waals surface area contributed by atoms with E-state index in [-0.39, 0.29) is 17.3 Å². The minimum atomic E-state index is -0.00619. The maximum atomic E-state index is 10.8. The summed E-state index contributed by atoms with van der Waals surface area (Å²) < 4.78 is 0. The highest BCUT2D eigenvalue weighted by Crippen LogP contribution is 2.20. The second-order valence-corrected chi connectivity index (χ2v) is 3.18. The number of rotatable bonds is 5. The molecule has 5 nitrogen and oxygen atoms in total. The van der Waals surface area contributed by atoms with Crippen LogP contribution in [0, 0.1) is 0 Å². The van der Waals surface area contributed by atoms with E-state index in [2.05, 4.69) is 9.97 Å². The van der Waals surface area contributed by atoms with Crippen LogP contribution in [0.2, 0.25) is 5.15 Å². The van der Waals surface area contributed by atoms with E-state index in [1.807, 2.05) is 6.92 Å². The lowest BCUT2D eigenvalue weighted by molar-refractivity contribution is 0.112. The van der Waals surface area contributed by atoms with Gasteiger partial charge in [-0.25, -0.2) is 9.97 Å². The van der Waals surface area contributed by atoms with Gasteiger partial charge in [0.1, 0.15) is 17.3 Å². The van der Waals surface area contributed by atoms with Crippen LogP contribution >= 0.6 is 11.6 Å². The number of aliphatic hydroxyl groups is 1. The van der Waals surface area contributed by atoms with Crippen LogP contribution in [0.25, 0.3) is 0 Å². The third-order valence-electron chi connectivity index (χ3n) is 1.98. The SMILES string of the molecule is CCN(CCO)c1ncnc(Cl)c1C=O. The van der Waals surface area contributed by atoms with Crippen molar-refractivity contribution in [1.29, 1.82) is 0 Å². The zero-order valence-corrected chi connectivity index (χ0v) is 9.11. The van der Waals surface area contributed by atoms with Crippen molar-refractivity contribution in [3.8, 4) is 0 Å². The maximum absolute atomic E-state index is 10.8. The summed E-state index contributed by atoms with van der Waals surface area (Å²) in [5.41, 5.74) is 0.259. The van der Waals surface area contributed by atoms with E-state index in [1.165, 1.54) is 6.33 Å². The Bertz CT molecular complexity index is 346. The van der Waals surface area contributed by atoms with Gasteiger partial charge in [-0.05, 0) is 6.92 Å². The molecule has 0 fully saturated rings. The first-order valence-corrected chi connectivity index (χ1v) is 4.93. The molecule has 1 rings (SSSR count). The van der Waals surface area contributed by atoms with Gasteiger partial charge in [-0.15, -0.1) is 0 Å². The molecule has 0 saturated heterocycles. The van der Waals surface area contributed by atoms with Crippen LogP contribution in [0.1, 0.15) is 17.3 Å². The summed E-state index contributed by atoms with van der Waals surface area (Å²) in [5, 5.41) is 8.99. The van der Waals surface area contributed by atoms with E-state index in [9.17, 15) is 4.79 Å². The minimum Gasteiger partial charge on any atom is -0.395 e. The van der Waals surface area contributed by atoms with Gasteiger partial charge in [-0.3, -0.25) is 4.79 Å². The Hall–Kier alpha value is -1.20. The number of carbonyl (C=O) groups is 1. The zero-order chi connectivity index (χ0) is 11.3. The van der Waals surface area contributed by atoms with Crippen molar-refractivity contribution in [2.75, 3.05) is 24.6 Å². The van der Waals surface area contributed by atoms with Gasteiger partial charge in [0, 0.05) is 13.1 Å². The fraction of sp³-hybridized carbons (Fsp3) is 0.444. The molecule has 1 aromatic rings. The summed E-state index contributed by atoms with van der Waals surface area (Å²) in [6.07, 6.45) is 1.92. The number of likely N-dealkylation sites (N-methyl/N-ethyl adjacent to an activating group) is 1. The first-order valence-electron chi connectivity index (χ1n) is 4.56. The van der Waals surface area contributed by atoms with Gasteiger partial charge in [0.05, 0.1) is 12.2 Å². The highest BCUT2D eigenvalue weighted by atomic mass is 35.5. The predicted molar refractivity (Wildman–Crippen MR) is 57.4 cm³/mol. The Labute approximate surface area is 92.7 Å². The average Bonchev–Trinajstić information content (AvgIpc) is 2.25. The standard InChI is InChI=1S/C9H12ClN3O2/c1-2-13(3-4-14)9-7(5-15)8(10)11-6-12-9/h5-6,14H,2-4H2,1H3. The van der Waals surface area contributed by atoms with Gasteiger partial charge in [0.2, 0.25) is 0 Å². The van der Waals surface area contributed by atoms with Crippen molar-refractivity contribution in [3.05, 3.63) is 17.0 Å². The average molecular weight is 230 g/mol. The molecule has 0 aliphatic carbocycles. The van der Waals surface area contributed by atoms with Gasteiger partial charge in [0.15, 0.2) is 6.29 Å². The van der Waals surface area contributed by atoms with Gasteiger partial charge in [-0.2, -0.15) is 0 Å². The molecule has 15 heavy (non-hydrogen) atoms. The van der Waals surface area contributed by atoms with Crippen LogP contribution in [0.3, 0.4) is 0 Å². The number of anilines is 1. The molecule has 0 atom stereocenters. The van der Waals surface area contributed by atoms with Crippen LogP contribution in [0.5, 0.6) is 0 Å². The van der Waals surface area contributed by atoms with E-state index in [4.69, 9.17) is 16.7 Å². The number of aliphatic hydroxyl groups excluding tert-OH is 1. The van der Waals surface area contributed by atoms with Gasteiger partial charge < -0.3 is 10.0 Å². The summed E-state index contributed by atoms with van der Waals surface area (Å²) in [4.78, 5) is 20.3. The van der Waals surface area contributed by atoms with Crippen LogP contribution in [-0.2, 0) is 0 Å². The molecule has 82 valence electrons. The summed E-state index contributed by atoms with van der Waals surface area (Å²) in [7, 11) is 0. The van der Waals surface area contributed by atoms with Crippen molar-refractivity contribution >= 4 is 23.7 Å². The zero-order valence-electron chi connectivity index (χ0n) is 8.35. The largest absolute Gasteiger partial charge is 0.395 e. The van der Waals surface area contributed by atoms with E-state index in [0.717, 1.165) is 0 Å². The molecule has 0 saturated carbocycles. The smallest absolute Gasteiger partial charge is 0.156 e. The van der Waals surface area contributed by atoms with Crippen LogP contribution in [-0.4, -0.2) is 41.1 Å². The lowest BCUT2D eigenvalue weighted by Crippen LogP contribution is -2.28. The summed E-state index contributed by atoms with van der Waals surface area (Å²) in [6.45, 7) is 2.94. The quantitative estimate of drug-likeness (QED) is 0.597. The van der Waals surface area contributed by atoms with Crippen molar-refractivity contribution in [2.45, 2.75) is 6.92 Å². The number of aldehydes is 1. The topological polar surface area (TPSA) is 66.3 Å². The summed E-state index contributed by atoms with van der Waals surface area (Å²) >= 11 is 5.76. The molecule has 0 aromatic carbocycles. The van der Waals surface area contributed by atoms with Crippen LogP contribution < -0.4 is 4.90 Å². The third kappa shape index (κ3) is 2.64. The van der Waals surface area contributed by atoms with Crippen molar-refractivity contribution in [1.82, 2.24) is 9.97 Å². The van der Waals surface area contributed by atoms with Crippen molar-refractivity contribution in [2.24, 2.45) is 0 Å². The monoisotopic (exact) mass is 229 g/mol. The maximum Gasteiger partial charge on any atom is 0.156 e. The second kappa shape index (κ2) is 5.63. The lowest BCUT2D eigenvalue weighted by Gasteiger charge is -2.21. The number of carbonyl (C=O) groups excluding carboxylic acids is 1. The Morgan fingerprint density at radius 3 is 2.87 bits per heavy atom. The molecular weight excluding hydrogens is 218 g/mol. The molecule has 0 spiro atoms. The van der Waals surface area contributed by atoms with Crippen LogP contribution in [0.15, 0.2) is 6.33 Å². The van der Waals surface area contributed by atoms with Gasteiger partial charge in [-0.1, -0.05) is 11.6 Å². The van der Waals surface area contributed by atoms with Gasteiger partial charge in [0.25, 0.3) is 0 Å². The number of aromatic nitrogens is 2. The molecule has 0 amide bonds. The molecule has 0 aliphatic heterocycles. The first kappa shape index (κ1) is 11.9. The van der Waals surface area contributed by atoms with Gasteiger partial charge >= 0.3 is 0 Å². The Kier molecular flexibility index (Phi) is 4.45. The molecule has 6 heteroatoms. The van der Waals surface area contributed by atoms with Crippen molar-refractivity contribution in [3.63, 3.8) is 0 Å². The number of hydrogen-bond donors (Lipinski definition) is 1. The number of halogens is 1. The number of nitrogens with zero attached hydrogens (tertiary/aromatic N) is 3. The highest BCUT2D eigenvalue weighted by molar-refractivity contribution is 6.32. The summed E-state index contributed by atoms with van der Waals surface area (Å²) in [5.74, 6) is 0.460. The summed E-state index contributed by atoms with van der Waals surface area (Å²) in [6, 6.07) is 0. The fourth-order valence-corrected chi connectivity index (χ4v) is 1.43. The highest BCUT2D eigenvalue weighted by Gasteiger charge is 2.14. The first-order chi connectivity index (χ1) is 7.24. The Morgan fingerprint density at radius 1 is 1.60 bits per heavy atom.